The lowest BCUT2D eigenvalue weighted by Crippen LogP contribution is -2.30. The van der Waals surface area contributed by atoms with Crippen LogP contribution < -0.4 is 0 Å². The minimum absolute atomic E-state index is 0.0790. The van der Waals surface area contributed by atoms with Crippen molar-refractivity contribution in [1.29, 1.82) is 0 Å². The summed E-state index contributed by atoms with van der Waals surface area (Å²) in [7, 11) is 0. The summed E-state index contributed by atoms with van der Waals surface area (Å²) in [6.45, 7) is 6.64. The van der Waals surface area contributed by atoms with Gasteiger partial charge in [0.15, 0.2) is 6.10 Å². The van der Waals surface area contributed by atoms with Crippen molar-refractivity contribution in [2.24, 2.45) is 0 Å². The Morgan fingerprint density at radius 1 is 0.267 bits per heavy atom. The highest BCUT2D eigenvalue weighted by Crippen LogP contribution is 2.16. The van der Waals surface area contributed by atoms with Gasteiger partial charge in [-0.15, -0.1) is 0 Å². The molecule has 6 nitrogen and oxygen atoms in total. The fourth-order valence-electron chi connectivity index (χ4n) is 9.50. The average molecular weight is 1050 g/mol. The normalized spacial score (nSPS) is 12.4. The van der Waals surface area contributed by atoms with Crippen molar-refractivity contribution in [3.8, 4) is 0 Å². The van der Waals surface area contributed by atoms with Crippen LogP contribution in [0.25, 0.3) is 0 Å². The van der Waals surface area contributed by atoms with E-state index in [2.05, 4.69) is 81.5 Å². The number of unbranched alkanes of at least 4 members (excludes halogenated alkanes) is 39. The maximum atomic E-state index is 12.9. The van der Waals surface area contributed by atoms with Crippen LogP contribution in [0.15, 0.2) is 60.8 Å². The van der Waals surface area contributed by atoms with E-state index in [1.807, 2.05) is 0 Å². The van der Waals surface area contributed by atoms with Crippen LogP contribution in [0.4, 0.5) is 0 Å². The lowest BCUT2D eigenvalue weighted by Gasteiger charge is -2.18. The van der Waals surface area contributed by atoms with Crippen molar-refractivity contribution in [2.45, 2.75) is 348 Å². The molecule has 0 N–H and O–H groups in total. The van der Waals surface area contributed by atoms with Crippen LogP contribution >= 0.6 is 0 Å². The predicted molar refractivity (Wildman–Crippen MR) is 325 cm³/mol. The smallest absolute Gasteiger partial charge is 0.306 e. The van der Waals surface area contributed by atoms with Gasteiger partial charge in [0.05, 0.1) is 0 Å². The summed E-state index contributed by atoms with van der Waals surface area (Å²) in [6.07, 6.45) is 80.9. The summed E-state index contributed by atoms with van der Waals surface area (Å²) in [6, 6.07) is 0. The summed E-state index contributed by atoms with van der Waals surface area (Å²) in [4.78, 5) is 38.3. The van der Waals surface area contributed by atoms with Crippen LogP contribution in [0.3, 0.4) is 0 Å². The number of esters is 3. The molecule has 0 aromatic heterocycles. The third-order valence-corrected chi connectivity index (χ3v) is 14.5. The van der Waals surface area contributed by atoms with Gasteiger partial charge >= 0.3 is 17.9 Å². The number of allylic oxidation sites excluding steroid dienone is 10. The van der Waals surface area contributed by atoms with Crippen LogP contribution in [-0.2, 0) is 28.6 Å². The molecule has 0 saturated heterocycles. The van der Waals surface area contributed by atoms with Crippen molar-refractivity contribution in [3.05, 3.63) is 60.8 Å². The summed E-state index contributed by atoms with van der Waals surface area (Å²) < 4.78 is 16.9. The van der Waals surface area contributed by atoms with Gasteiger partial charge in [0, 0.05) is 19.3 Å². The van der Waals surface area contributed by atoms with Crippen molar-refractivity contribution in [2.75, 3.05) is 13.2 Å². The standard InChI is InChI=1S/C69H124O6/c1-4-7-10-13-16-19-22-25-28-30-31-32-33-34-35-36-37-38-39-40-42-44-47-50-53-56-59-62-68(71)74-65-66(64-73-67(70)61-58-55-52-49-46-43-27-24-21-18-15-12-9-6-3)75-69(72)63-60-57-54-51-48-45-41-29-26-23-20-17-14-11-8-5-2/h22,24-25,27,29-31,33-34,41,66H,4-21,23,26,28,32,35-40,42-65H2,1-3H3/b25-22-,27-24-,31-30-,34-33-,41-29-. The fraction of sp³-hybridized carbons (Fsp3) is 0.812. The van der Waals surface area contributed by atoms with Crippen LogP contribution in [0.1, 0.15) is 342 Å². The van der Waals surface area contributed by atoms with Crippen LogP contribution in [0.2, 0.25) is 0 Å². The summed E-state index contributed by atoms with van der Waals surface area (Å²) >= 11 is 0. The first kappa shape index (κ1) is 72.1. The Kier molecular flexibility index (Phi) is 61.2. The molecule has 0 fully saturated rings. The van der Waals surface area contributed by atoms with E-state index < -0.39 is 6.10 Å². The monoisotopic (exact) mass is 1050 g/mol. The maximum Gasteiger partial charge on any atom is 0.306 e. The number of hydrogen-bond donors (Lipinski definition) is 0. The molecule has 0 spiro atoms. The highest BCUT2D eigenvalue weighted by atomic mass is 16.6. The van der Waals surface area contributed by atoms with E-state index in [0.717, 1.165) is 89.9 Å². The summed E-state index contributed by atoms with van der Waals surface area (Å²) in [5.41, 5.74) is 0. The van der Waals surface area contributed by atoms with Gasteiger partial charge in [-0.05, 0) is 109 Å². The van der Waals surface area contributed by atoms with E-state index in [1.165, 1.54) is 212 Å². The molecule has 436 valence electrons. The molecule has 75 heavy (non-hydrogen) atoms. The van der Waals surface area contributed by atoms with Crippen LogP contribution in [0.5, 0.6) is 0 Å². The molecule has 0 radical (unpaired) electrons. The molecule has 0 aliphatic rings. The van der Waals surface area contributed by atoms with E-state index in [9.17, 15) is 14.4 Å². The number of carbonyl (C=O) groups excluding carboxylic acids is 3. The van der Waals surface area contributed by atoms with E-state index in [1.54, 1.807) is 0 Å². The topological polar surface area (TPSA) is 78.9 Å². The molecule has 0 aliphatic carbocycles. The minimum Gasteiger partial charge on any atom is -0.462 e. The van der Waals surface area contributed by atoms with Crippen LogP contribution in [-0.4, -0.2) is 37.2 Å². The Bertz CT molecular complexity index is 1340. The van der Waals surface area contributed by atoms with Gasteiger partial charge in [0.2, 0.25) is 0 Å². The zero-order valence-electron chi connectivity index (χ0n) is 50.1. The minimum atomic E-state index is -0.783. The summed E-state index contributed by atoms with van der Waals surface area (Å²) in [5.74, 6) is -0.881. The van der Waals surface area contributed by atoms with Crippen LogP contribution in [0, 0.1) is 0 Å². The highest BCUT2D eigenvalue weighted by molar-refractivity contribution is 5.71. The van der Waals surface area contributed by atoms with Gasteiger partial charge in [-0.3, -0.25) is 14.4 Å². The van der Waals surface area contributed by atoms with Gasteiger partial charge in [0.1, 0.15) is 13.2 Å². The first-order valence-electron chi connectivity index (χ1n) is 32.8. The summed E-state index contributed by atoms with van der Waals surface area (Å²) in [5, 5.41) is 0. The molecule has 0 bridgehead atoms. The van der Waals surface area contributed by atoms with Gasteiger partial charge in [-0.1, -0.05) is 274 Å². The Balaban J connectivity index is 4.27. The molecule has 1 atom stereocenters. The molecule has 1 unspecified atom stereocenters. The molecule has 6 heteroatoms. The molecule has 0 rings (SSSR count). The number of carbonyl (C=O) groups is 3. The van der Waals surface area contributed by atoms with E-state index in [0.29, 0.717) is 19.3 Å². The Labute approximate surface area is 466 Å². The second-order valence-electron chi connectivity index (χ2n) is 22.0. The number of ether oxygens (including phenoxy) is 3. The molecular formula is C69H124O6. The Morgan fingerprint density at radius 2 is 0.480 bits per heavy atom. The highest BCUT2D eigenvalue weighted by Gasteiger charge is 2.19. The third-order valence-electron chi connectivity index (χ3n) is 14.5. The van der Waals surface area contributed by atoms with E-state index >= 15 is 0 Å². The van der Waals surface area contributed by atoms with Crippen molar-refractivity contribution < 1.29 is 28.6 Å². The molecular weight excluding hydrogens is 925 g/mol. The van der Waals surface area contributed by atoms with E-state index in [-0.39, 0.29) is 31.1 Å². The average Bonchev–Trinajstić information content (AvgIpc) is 3.41. The lowest BCUT2D eigenvalue weighted by atomic mass is 10.0. The van der Waals surface area contributed by atoms with Crippen molar-refractivity contribution in [3.63, 3.8) is 0 Å². The second kappa shape index (κ2) is 63.6. The molecule has 0 aromatic carbocycles. The molecule has 0 aliphatic heterocycles. The lowest BCUT2D eigenvalue weighted by molar-refractivity contribution is -0.167. The second-order valence-corrected chi connectivity index (χ2v) is 22.0. The number of rotatable bonds is 60. The van der Waals surface area contributed by atoms with E-state index in [4.69, 9.17) is 14.2 Å². The molecule has 0 amide bonds. The number of hydrogen-bond acceptors (Lipinski definition) is 6. The maximum absolute atomic E-state index is 12.9. The molecule has 0 aromatic rings. The van der Waals surface area contributed by atoms with Crippen molar-refractivity contribution in [1.82, 2.24) is 0 Å². The van der Waals surface area contributed by atoms with Gasteiger partial charge in [0.25, 0.3) is 0 Å². The zero-order chi connectivity index (χ0) is 54.3. The Morgan fingerprint density at radius 3 is 0.760 bits per heavy atom. The fourth-order valence-corrected chi connectivity index (χ4v) is 9.50. The largest absolute Gasteiger partial charge is 0.462 e. The quantitative estimate of drug-likeness (QED) is 0.0261. The molecule has 0 heterocycles. The SMILES string of the molecule is CCCCCCC/C=C\C/C=C\C/C=C\CCCCCCCCCCCCCCC(=O)OCC(COC(=O)CCCCCCC/C=C\CCCCCCC)OC(=O)CCCCCCC/C=C\CCCCCCCCC. The van der Waals surface area contributed by atoms with Gasteiger partial charge < -0.3 is 14.2 Å². The first-order valence-corrected chi connectivity index (χ1v) is 32.8. The van der Waals surface area contributed by atoms with Gasteiger partial charge in [-0.25, -0.2) is 0 Å². The Hall–Kier alpha value is -2.89. The third kappa shape index (κ3) is 61.8. The van der Waals surface area contributed by atoms with Crippen molar-refractivity contribution >= 4 is 17.9 Å². The first-order chi connectivity index (χ1) is 37.0. The zero-order valence-corrected chi connectivity index (χ0v) is 50.1. The van der Waals surface area contributed by atoms with Gasteiger partial charge in [-0.2, -0.15) is 0 Å². The predicted octanol–water partition coefficient (Wildman–Crippen LogP) is 22.3. The molecule has 0 saturated carbocycles.